The van der Waals surface area contributed by atoms with Gasteiger partial charge in [0.1, 0.15) is 17.3 Å². The lowest BCUT2D eigenvalue weighted by molar-refractivity contribution is 0.0917. The van der Waals surface area contributed by atoms with Crippen molar-refractivity contribution in [2.45, 2.75) is 39.2 Å². The zero-order valence-electron chi connectivity index (χ0n) is 17.8. The summed E-state index contributed by atoms with van der Waals surface area (Å²) in [6.45, 7) is 5.16. The first-order valence-corrected chi connectivity index (χ1v) is 9.98. The number of nitrogens with two attached hydrogens (primary N) is 2. The van der Waals surface area contributed by atoms with Gasteiger partial charge in [-0.2, -0.15) is 0 Å². The maximum atomic E-state index is 14.0. The zero-order valence-corrected chi connectivity index (χ0v) is 17.8. The van der Waals surface area contributed by atoms with Crippen molar-refractivity contribution in [2.75, 3.05) is 6.61 Å². The van der Waals surface area contributed by atoms with Crippen molar-refractivity contribution < 1.29 is 18.7 Å². The minimum atomic E-state index is -0.756. The van der Waals surface area contributed by atoms with Crippen molar-refractivity contribution in [1.29, 1.82) is 0 Å². The van der Waals surface area contributed by atoms with Crippen LogP contribution in [0.25, 0.3) is 5.70 Å². The Labute approximate surface area is 180 Å². The highest BCUT2D eigenvalue weighted by atomic mass is 19.1. The SMILES string of the molecule is CCC(/C=C(\N)c1c(F)cccc1F)=C(/N)C(C)c1cccc(C(=O)N[C@@H](C)CO)n1. The molecule has 8 heteroatoms. The molecule has 1 amide bonds. The number of amides is 1. The zero-order chi connectivity index (χ0) is 23.1. The maximum absolute atomic E-state index is 14.0. The van der Waals surface area contributed by atoms with E-state index in [1.807, 2.05) is 13.8 Å². The molecule has 1 heterocycles. The molecule has 166 valence electrons. The predicted octanol–water partition coefficient (Wildman–Crippen LogP) is 3.20. The van der Waals surface area contributed by atoms with Gasteiger partial charge in [-0.1, -0.05) is 26.0 Å². The Bertz CT molecular complexity index is 985. The Morgan fingerprint density at radius 3 is 2.35 bits per heavy atom. The molecule has 0 radical (unpaired) electrons. The molecule has 0 aliphatic rings. The van der Waals surface area contributed by atoms with E-state index >= 15 is 0 Å². The third-order valence-corrected chi connectivity index (χ3v) is 4.90. The molecule has 6 nitrogen and oxygen atoms in total. The van der Waals surface area contributed by atoms with Crippen LogP contribution in [0.5, 0.6) is 0 Å². The van der Waals surface area contributed by atoms with Crippen molar-refractivity contribution in [3.8, 4) is 0 Å². The Morgan fingerprint density at radius 1 is 1.16 bits per heavy atom. The number of halogens is 2. The van der Waals surface area contributed by atoms with Gasteiger partial charge in [0, 0.05) is 29.0 Å². The van der Waals surface area contributed by atoms with E-state index in [9.17, 15) is 13.6 Å². The smallest absolute Gasteiger partial charge is 0.270 e. The van der Waals surface area contributed by atoms with Crippen LogP contribution in [-0.2, 0) is 0 Å². The second-order valence-corrected chi connectivity index (χ2v) is 7.26. The second-order valence-electron chi connectivity index (χ2n) is 7.26. The average molecular weight is 430 g/mol. The fourth-order valence-electron chi connectivity index (χ4n) is 3.02. The fourth-order valence-corrected chi connectivity index (χ4v) is 3.02. The van der Waals surface area contributed by atoms with E-state index in [1.54, 1.807) is 25.1 Å². The molecule has 1 aromatic carbocycles. The molecular formula is C23H28F2N4O2. The topological polar surface area (TPSA) is 114 Å². The molecular weight excluding hydrogens is 402 g/mol. The molecule has 2 rings (SSSR count). The number of benzene rings is 1. The van der Waals surface area contributed by atoms with Crippen LogP contribution in [0.3, 0.4) is 0 Å². The molecule has 0 spiro atoms. The third-order valence-electron chi connectivity index (χ3n) is 4.90. The summed E-state index contributed by atoms with van der Waals surface area (Å²) in [5.74, 6) is -2.30. The van der Waals surface area contributed by atoms with Gasteiger partial charge in [0.25, 0.3) is 5.91 Å². The molecule has 0 bridgehead atoms. The van der Waals surface area contributed by atoms with Crippen LogP contribution in [0.15, 0.2) is 53.7 Å². The molecule has 31 heavy (non-hydrogen) atoms. The van der Waals surface area contributed by atoms with Crippen LogP contribution < -0.4 is 16.8 Å². The lowest BCUT2D eigenvalue weighted by Gasteiger charge is -2.17. The Morgan fingerprint density at radius 2 is 1.77 bits per heavy atom. The van der Waals surface area contributed by atoms with E-state index in [2.05, 4.69) is 10.3 Å². The highest BCUT2D eigenvalue weighted by Crippen LogP contribution is 2.26. The van der Waals surface area contributed by atoms with E-state index < -0.39 is 23.6 Å². The Kier molecular flexibility index (Phi) is 8.27. The summed E-state index contributed by atoms with van der Waals surface area (Å²) in [4.78, 5) is 16.7. The lowest BCUT2D eigenvalue weighted by atomic mass is 9.96. The molecule has 2 aromatic rings. The molecule has 0 aliphatic carbocycles. The molecule has 6 N–H and O–H groups in total. The van der Waals surface area contributed by atoms with Crippen LogP contribution in [-0.4, -0.2) is 28.6 Å². The quantitative estimate of drug-likeness (QED) is 0.480. The van der Waals surface area contributed by atoms with Gasteiger partial charge in [-0.15, -0.1) is 0 Å². The highest BCUT2D eigenvalue weighted by Gasteiger charge is 2.18. The lowest BCUT2D eigenvalue weighted by Crippen LogP contribution is -2.35. The van der Waals surface area contributed by atoms with Gasteiger partial charge in [-0.05, 0) is 49.3 Å². The Hall–Kier alpha value is -3.26. The summed E-state index contributed by atoms with van der Waals surface area (Å²) in [5, 5.41) is 11.7. The largest absolute Gasteiger partial charge is 0.401 e. The summed E-state index contributed by atoms with van der Waals surface area (Å²) in [6.07, 6.45) is 1.94. The number of carbonyl (C=O) groups excluding carboxylic acids is 1. The molecule has 2 atom stereocenters. The normalized spacial score (nSPS) is 14.6. The first-order valence-electron chi connectivity index (χ1n) is 9.98. The number of aliphatic hydroxyl groups excluding tert-OH is 1. The Balaban J connectivity index is 2.37. The van der Waals surface area contributed by atoms with E-state index in [0.29, 0.717) is 23.4 Å². The summed E-state index contributed by atoms with van der Waals surface area (Å²) < 4.78 is 28.1. The highest BCUT2D eigenvalue weighted by molar-refractivity contribution is 5.92. The van der Waals surface area contributed by atoms with Gasteiger partial charge in [0.15, 0.2) is 0 Å². The van der Waals surface area contributed by atoms with Crippen molar-refractivity contribution in [3.05, 3.63) is 82.3 Å². The van der Waals surface area contributed by atoms with E-state index in [1.165, 1.54) is 12.1 Å². The molecule has 0 saturated heterocycles. The standard InChI is InChI=1S/C23H28F2N4O2/c1-4-15(11-18(26)21-16(24)7-5-8-17(21)25)22(27)14(3)19-9-6-10-20(29-19)23(31)28-13(2)12-30/h5-11,13-14,30H,4,12,26-27H2,1-3H3,(H,28,31)/b18-11-,22-15-/t13-,14?/m0/s1. The molecule has 1 aromatic heterocycles. The average Bonchev–Trinajstić information content (AvgIpc) is 2.76. The monoisotopic (exact) mass is 430 g/mol. The van der Waals surface area contributed by atoms with Crippen LogP contribution in [0.1, 0.15) is 54.9 Å². The first-order chi connectivity index (χ1) is 14.7. The third kappa shape index (κ3) is 5.88. The number of pyridine rings is 1. The number of allylic oxidation sites excluding steroid dienone is 3. The molecule has 0 aliphatic heterocycles. The van der Waals surface area contributed by atoms with Crippen LogP contribution in [0, 0.1) is 11.6 Å². The number of nitrogens with zero attached hydrogens (tertiary/aromatic N) is 1. The van der Waals surface area contributed by atoms with Gasteiger partial charge in [0.2, 0.25) is 0 Å². The number of carbonyl (C=O) groups is 1. The summed E-state index contributed by atoms with van der Waals surface area (Å²) in [5.41, 5.74) is 13.7. The van der Waals surface area contributed by atoms with Crippen molar-refractivity contribution in [3.63, 3.8) is 0 Å². The molecule has 0 fully saturated rings. The van der Waals surface area contributed by atoms with Gasteiger partial charge in [-0.25, -0.2) is 13.8 Å². The van der Waals surface area contributed by atoms with Crippen molar-refractivity contribution in [2.24, 2.45) is 11.5 Å². The van der Waals surface area contributed by atoms with E-state index in [4.69, 9.17) is 16.6 Å². The van der Waals surface area contributed by atoms with Gasteiger partial charge >= 0.3 is 0 Å². The number of aliphatic hydroxyl groups is 1. The van der Waals surface area contributed by atoms with Gasteiger partial charge in [0.05, 0.1) is 12.2 Å². The van der Waals surface area contributed by atoms with E-state index in [-0.39, 0.29) is 29.5 Å². The second kappa shape index (κ2) is 10.7. The summed E-state index contributed by atoms with van der Waals surface area (Å²) in [6, 6.07) is 8.13. The first kappa shape index (κ1) is 24.0. The maximum Gasteiger partial charge on any atom is 0.270 e. The summed E-state index contributed by atoms with van der Waals surface area (Å²) in [7, 11) is 0. The van der Waals surface area contributed by atoms with E-state index in [0.717, 1.165) is 12.1 Å². The van der Waals surface area contributed by atoms with Crippen molar-refractivity contribution >= 4 is 11.6 Å². The van der Waals surface area contributed by atoms with Crippen molar-refractivity contribution in [1.82, 2.24) is 10.3 Å². The number of hydrogen-bond donors (Lipinski definition) is 4. The van der Waals surface area contributed by atoms with Crippen LogP contribution >= 0.6 is 0 Å². The predicted molar refractivity (Wildman–Crippen MR) is 117 cm³/mol. The van der Waals surface area contributed by atoms with Crippen LogP contribution in [0.2, 0.25) is 0 Å². The van der Waals surface area contributed by atoms with Gasteiger partial charge in [-0.3, -0.25) is 4.79 Å². The number of hydrogen-bond acceptors (Lipinski definition) is 5. The fraction of sp³-hybridized carbons (Fsp3) is 0.304. The van der Waals surface area contributed by atoms with Gasteiger partial charge < -0.3 is 21.9 Å². The molecule has 0 saturated carbocycles. The minimum absolute atomic E-state index is 0.0679. The number of aromatic nitrogens is 1. The number of nitrogens with one attached hydrogen (secondary N) is 1. The molecule has 1 unspecified atom stereocenters. The summed E-state index contributed by atoms with van der Waals surface area (Å²) >= 11 is 0. The number of rotatable bonds is 8. The minimum Gasteiger partial charge on any atom is -0.401 e. The van der Waals surface area contributed by atoms with Crippen LogP contribution in [0.4, 0.5) is 8.78 Å².